The molecule has 1 atom stereocenters. The Labute approximate surface area is 79.4 Å². The molecule has 0 aromatic heterocycles. The molecule has 0 aromatic carbocycles. The molecule has 0 bridgehead atoms. The van der Waals surface area contributed by atoms with Crippen molar-refractivity contribution in [1.82, 2.24) is 0 Å². The van der Waals surface area contributed by atoms with Crippen LogP contribution in [0.15, 0.2) is 11.6 Å². The lowest BCUT2D eigenvalue weighted by molar-refractivity contribution is -0.150. The third-order valence-electron chi connectivity index (χ3n) is 1.70. The van der Waals surface area contributed by atoms with Crippen LogP contribution in [0.4, 0.5) is 0 Å². The molecule has 0 aliphatic carbocycles. The molecule has 1 N–H and O–H groups in total. The molecular formula is C10H18O3. The van der Waals surface area contributed by atoms with Crippen LogP contribution in [-0.2, 0) is 9.53 Å². The van der Waals surface area contributed by atoms with Crippen LogP contribution in [0, 0.1) is 0 Å². The van der Waals surface area contributed by atoms with E-state index in [1.807, 2.05) is 13.0 Å². The van der Waals surface area contributed by atoms with Gasteiger partial charge in [-0.1, -0.05) is 19.4 Å². The largest absolute Gasteiger partial charge is 0.464 e. The Hall–Kier alpha value is -0.830. The van der Waals surface area contributed by atoms with Crippen LogP contribution in [0.25, 0.3) is 0 Å². The topological polar surface area (TPSA) is 46.5 Å². The first-order valence-electron chi connectivity index (χ1n) is 4.64. The molecule has 0 saturated carbocycles. The van der Waals surface area contributed by atoms with Gasteiger partial charge >= 0.3 is 5.97 Å². The standard InChI is InChI=1S/C10H18O3/c1-4-6-7-8(3)9(11)10(12)13-5-2/h7,9,11H,4-6H2,1-3H3. The first kappa shape index (κ1) is 12.2. The summed E-state index contributed by atoms with van der Waals surface area (Å²) in [5.74, 6) is -0.563. The summed E-state index contributed by atoms with van der Waals surface area (Å²) in [5.41, 5.74) is 0.667. The lowest BCUT2D eigenvalue weighted by Crippen LogP contribution is -2.24. The maximum Gasteiger partial charge on any atom is 0.339 e. The molecule has 0 rings (SSSR count). The fraction of sp³-hybridized carbons (Fsp3) is 0.700. The van der Waals surface area contributed by atoms with Crippen LogP contribution < -0.4 is 0 Å². The van der Waals surface area contributed by atoms with Crippen LogP contribution in [0.5, 0.6) is 0 Å². The summed E-state index contributed by atoms with van der Waals surface area (Å²) in [6.45, 7) is 5.80. The molecule has 3 nitrogen and oxygen atoms in total. The van der Waals surface area contributed by atoms with Gasteiger partial charge in [-0.25, -0.2) is 4.79 Å². The third kappa shape index (κ3) is 4.68. The van der Waals surface area contributed by atoms with Crippen molar-refractivity contribution in [3.05, 3.63) is 11.6 Å². The second kappa shape index (κ2) is 6.66. The van der Waals surface area contributed by atoms with Crippen molar-refractivity contribution in [3.8, 4) is 0 Å². The van der Waals surface area contributed by atoms with Crippen molar-refractivity contribution in [2.75, 3.05) is 6.61 Å². The zero-order valence-electron chi connectivity index (χ0n) is 8.54. The summed E-state index contributed by atoms with van der Waals surface area (Å²) in [6, 6.07) is 0. The average Bonchev–Trinajstić information content (AvgIpc) is 2.13. The second-order valence-corrected chi connectivity index (χ2v) is 2.89. The molecule has 3 heteroatoms. The van der Waals surface area contributed by atoms with Gasteiger partial charge < -0.3 is 9.84 Å². The normalized spacial score (nSPS) is 14.0. The molecule has 76 valence electrons. The number of carbonyl (C=O) groups excluding carboxylic acids is 1. The lowest BCUT2D eigenvalue weighted by Gasteiger charge is -2.09. The molecule has 13 heavy (non-hydrogen) atoms. The van der Waals surface area contributed by atoms with E-state index in [0.717, 1.165) is 12.8 Å². The number of aliphatic hydroxyl groups excluding tert-OH is 1. The Morgan fingerprint density at radius 2 is 2.15 bits per heavy atom. The number of unbranched alkanes of at least 4 members (excludes halogenated alkanes) is 1. The minimum atomic E-state index is -1.09. The summed E-state index contributed by atoms with van der Waals surface area (Å²) in [7, 11) is 0. The number of ether oxygens (including phenoxy) is 1. The number of esters is 1. The highest BCUT2D eigenvalue weighted by molar-refractivity contribution is 5.77. The van der Waals surface area contributed by atoms with Gasteiger partial charge in [0, 0.05) is 0 Å². The molecule has 0 amide bonds. The first-order chi connectivity index (χ1) is 6.13. The van der Waals surface area contributed by atoms with Crippen LogP contribution in [0.1, 0.15) is 33.6 Å². The minimum Gasteiger partial charge on any atom is -0.464 e. The molecule has 0 fully saturated rings. The van der Waals surface area contributed by atoms with Gasteiger partial charge in [0.2, 0.25) is 0 Å². The van der Waals surface area contributed by atoms with E-state index >= 15 is 0 Å². The molecule has 0 aliphatic rings. The Kier molecular flexibility index (Phi) is 6.24. The van der Waals surface area contributed by atoms with E-state index in [1.165, 1.54) is 0 Å². The predicted octanol–water partition coefficient (Wildman–Crippen LogP) is 1.66. The first-order valence-corrected chi connectivity index (χ1v) is 4.64. The van der Waals surface area contributed by atoms with E-state index in [4.69, 9.17) is 0 Å². The van der Waals surface area contributed by atoms with Crippen molar-refractivity contribution in [1.29, 1.82) is 0 Å². The fourth-order valence-electron chi connectivity index (χ4n) is 0.891. The van der Waals surface area contributed by atoms with Gasteiger partial charge in [0.25, 0.3) is 0 Å². The number of rotatable bonds is 5. The molecule has 0 aliphatic heterocycles. The highest BCUT2D eigenvalue weighted by atomic mass is 16.5. The van der Waals surface area contributed by atoms with Gasteiger partial charge in [-0.3, -0.25) is 0 Å². The fourth-order valence-corrected chi connectivity index (χ4v) is 0.891. The summed E-state index contributed by atoms with van der Waals surface area (Å²) in [6.07, 6.45) is 2.66. The van der Waals surface area contributed by atoms with Crippen LogP contribution >= 0.6 is 0 Å². The van der Waals surface area contributed by atoms with E-state index in [2.05, 4.69) is 4.74 Å². The molecule has 0 aromatic rings. The number of carbonyl (C=O) groups is 1. The van der Waals surface area contributed by atoms with E-state index in [1.54, 1.807) is 13.8 Å². The van der Waals surface area contributed by atoms with Gasteiger partial charge in [-0.15, -0.1) is 0 Å². The number of allylic oxidation sites excluding steroid dienone is 1. The molecule has 1 unspecified atom stereocenters. The van der Waals surface area contributed by atoms with Gasteiger partial charge in [-0.2, -0.15) is 0 Å². The van der Waals surface area contributed by atoms with E-state index in [0.29, 0.717) is 12.2 Å². The quantitative estimate of drug-likeness (QED) is 0.524. The molecule has 0 spiro atoms. The third-order valence-corrected chi connectivity index (χ3v) is 1.70. The van der Waals surface area contributed by atoms with Crippen molar-refractivity contribution >= 4 is 5.97 Å². The maximum atomic E-state index is 11.0. The van der Waals surface area contributed by atoms with Crippen molar-refractivity contribution in [2.24, 2.45) is 0 Å². The monoisotopic (exact) mass is 186 g/mol. The van der Waals surface area contributed by atoms with E-state index in [-0.39, 0.29) is 0 Å². The average molecular weight is 186 g/mol. The van der Waals surface area contributed by atoms with Gasteiger partial charge in [0.05, 0.1) is 6.61 Å². The van der Waals surface area contributed by atoms with Crippen molar-refractivity contribution < 1.29 is 14.6 Å². The molecule has 0 saturated heterocycles. The zero-order valence-corrected chi connectivity index (χ0v) is 8.54. The Morgan fingerprint density at radius 3 is 2.62 bits per heavy atom. The maximum absolute atomic E-state index is 11.0. The van der Waals surface area contributed by atoms with Crippen molar-refractivity contribution in [3.63, 3.8) is 0 Å². The van der Waals surface area contributed by atoms with Gasteiger partial charge in [-0.05, 0) is 25.8 Å². The smallest absolute Gasteiger partial charge is 0.339 e. The van der Waals surface area contributed by atoms with Gasteiger partial charge in [0.15, 0.2) is 6.10 Å². The molecular weight excluding hydrogens is 168 g/mol. The SMILES string of the molecule is CCCC=C(C)C(O)C(=O)OCC. The number of aliphatic hydroxyl groups is 1. The zero-order chi connectivity index (χ0) is 10.3. The Bertz CT molecular complexity index is 185. The van der Waals surface area contributed by atoms with Crippen LogP contribution in [0.3, 0.4) is 0 Å². The highest BCUT2D eigenvalue weighted by Crippen LogP contribution is 2.05. The van der Waals surface area contributed by atoms with Gasteiger partial charge in [0.1, 0.15) is 0 Å². The van der Waals surface area contributed by atoms with E-state index < -0.39 is 12.1 Å². The minimum absolute atomic E-state index is 0.303. The molecule has 0 radical (unpaired) electrons. The van der Waals surface area contributed by atoms with Crippen LogP contribution in [0.2, 0.25) is 0 Å². The summed E-state index contributed by atoms with van der Waals surface area (Å²) >= 11 is 0. The summed E-state index contributed by atoms with van der Waals surface area (Å²) in [5, 5.41) is 9.40. The number of hydrogen-bond acceptors (Lipinski definition) is 3. The number of hydrogen-bond donors (Lipinski definition) is 1. The Balaban J connectivity index is 4.07. The summed E-state index contributed by atoms with van der Waals surface area (Å²) < 4.78 is 4.67. The highest BCUT2D eigenvalue weighted by Gasteiger charge is 2.17. The van der Waals surface area contributed by atoms with E-state index in [9.17, 15) is 9.90 Å². The van der Waals surface area contributed by atoms with Crippen molar-refractivity contribution in [2.45, 2.75) is 39.7 Å². The Morgan fingerprint density at radius 1 is 1.54 bits per heavy atom. The second-order valence-electron chi connectivity index (χ2n) is 2.89. The predicted molar refractivity (Wildman–Crippen MR) is 51.3 cm³/mol. The summed E-state index contributed by atoms with van der Waals surface area (Å²) in [4.78, 5) is 11.0. The van der Waals surface area contributed by atoms with Crippen LogP contribution in [-0.4, -0.2) is 23.8 Å². The molecule has 0 heterocycles. The lowest BCUT2D eigenvalue weighted by atomic mass is 10.1.